The molecular weight excluding hydrogens is 226 g/mol. The van der Waals surface area contributed by atoms with Crippen LogP contribution in [0.15, 0.2) is 16.8 Å². The molecule has 1 nitrogen and oxygen atoms in total. The minimum Gasteiger partial charge on any atom is -0.312 e. The third kappa shape index (κ3) is 6.85. The Morgan fingerprint density at radius 1 is 1.29 bits per heavy atom. The van der Waals surface area contributed by atoms with Gasteiger partial charge in [-0.2, -0.15) is 11.3 Å². The van der Waals surface area contributed by atoms with Crippen molar-refractivity contribution < 1.29 is 0 Å². The molecule has 1 aromatic heterocycles. The standard InChI is InChI=1S/C15H27NS/c1-12(2)8-14(10-16-15(3,4)5)9-13-6-7-17-11-13/h6-7,11-12,14,16H,8-10H2,1-5H3. The van der Waals surface area contributed by atoms with Gasteiger partial charge in [0.15, 0.2) is 0 Å². The van der Waals surface area contributed by atoms with Gasteiger partial charge in [-0.25, -0.2) is 0 Å². The van der Waals surface area contributed by atoms with Gasteiger partial charge >= 0.3 is 0 Å². The van der Waals surface area contributed by atoms with Gasteiger partial charge in [-0.05, 0) is 74.4 Å². The van der Waals surface area contributed by atoms with E-state index in [1.807, 2.05) is 0 Å². The normalized spacial score (nSPS) is 14.2. The van der Waals surface area contributed by atoms with Crippen LogP contribution in [0.5, 0.6) is 0 Å². The third-order valence-corrected chi connectivity index (χ3v) is 3.56. The second kappa shape index (κ2) is 6.55. The summed E-state index contributed by atoms with van der Waals surface area (Å²) in [7, 11) is 0. The first-order valence-electron chi connectivity index (χ1n) is 6.63. The lowest BCUT2D eigenvalue weighted by atomic mass is 9.91. The molecule has 0 bridgehead atoms. The Balaban J connectivity index is 2.48. The number of rotatable bonds is 6. The molecule has 0 aliphatic rings. The Morgan fingerprint density at radius 3 is 2.47 bits per heavy atom. The van der Waals surface area contributed by atoms with Crippen molar-refractivity contribution in [3.63, 3.8) is 0 Å². The molecule has 0 aromatic carbocycles. The van der Waals surface area contributed by atoms with Crippen molar-refractivity contribution in [3.8, 4) is 0 Å². The molecular formula is C15H27NS. The van der Waals surface area contributed by atoms with Gasteiger partial charge in [-0.3, -0.25) is 0 Å². The molecule has 98 valence electrons. The molecule has 1 aromatic rings. The number of nitrogens with one attached hydrogen (secondary N) is 1. The van der Waals surface area contributed by atoms with Crippen molar-refractivity contribution >= 4 is 11.3 Å². The van der Waals surface area contributed by atoms with Crippen LogP contribution in [0, 0.1) is 11.8 Å². The second-order valence-electron chi connectivity index (χ2n) is 6.46. The summed E-state index contributed by atoms with van der Waals surface area (Å²) in [4.78, 5) is 0. The summed E-state index contributed by atoms with van der Waals surface area (Å²) >= 11 is 1.80. The molecule has 0 amide bonds. The van der Waals surface area contributed by atoms with Crippen LogP contribution in [-0.4, -0.2) is 12.1 Å². The first-order chi connectivity index (χ1) is 7.87. The van der Waals surface area contributed by atoms with Crippen molar-refractivity contribution in [1.82, 2.24) is 5.32 Å². The second-order valence-corrected chi connectivity index (χ2v) is 7.24. The van der Waals surface area contributed by atoms with E-state index < -0.39 is 0 Å². The SMILES string of the molecule is CC(C)CC(CNC(C)(C)C)Cc1ccsc1. The van der Waals surface area contributed by atoms with E-state index >= 15 is 0 Å². The molecule has 1 atom stereocenters. The molecule has 0 spiro atoms. The summed E-state index contributed by atoms with van der Waals surface area (Å²) < 4.78 is 0. The van der Waals surface area contributed by atoms with E-state index in [0.29, 0.717) is 0 Å². The molecule has 2 heteroatoms. The summed E-state index contributed by atoms with van der Waals surface area (Å²) in [6, 6.07) is 2.26. The van der Waals surface area contributed by atoms with Gasteiger partial charge in [0.2, 0.25) is 0 Å². The van der Waals surface area contributed by atoms with E-state index in [2.05, 4.69) is 56.8 Å². The average molecular weight is 253 g/mol. The molecule has 0 saturated heterocycles. The van der Waals surface area contributed by atoms with Crippen molar-refractivity contribution in [2.24, 2.45) is 11.8 Å². The van der Waals surface area contributed by atoms with Crippen molar-refractivity contribution in [2.45, 2.75) is 53.0 Å². The highest BCUT2D eigenvalue weighted by atomic mass is 32.1. The molecule has 0 aliphatic carbocycles. The lowest BCUT2D eigenvalue weighted by Gasteiger charge is -2.26. The minimum atomic E-state index is 0.226. The average Bonchev–Trinajstić information content (AvgIpc) is 2.65. The Morgan fingerprint density at radius 2 is 2.00 bits per heavy atom. The Kier molecular flexibility index (Phi) is 5.68. The molecule has 1 heterocycles. The molecule has 0 radical (unpaired) electrons. The molecule has 1 N–H and O–H groups in total. The maximum atomic E-state index is 3.64. The molecule has 1 rings (SSSR count). The summed E-state index contributed by atoms with van der Waals surface area (Å²) in [6.07, 6.45) is 2.52. The van der Waals surface area contributed by atoms with Gasteiger partial charge < -0.3 is 5.32 Å². The molecule has 0 fully saturated rings. The zero-order valence-electron chi connectivity index (χ0n) is 11.9. The van der Waals surface area contributed by atoms with Crippen molar-refractivity contribution in [3.05, 3.63) is 22.4 Å². The van der Waals surface area contributed by atoms with Gasteiger partial charge in [-0.1, -0.05) is 13.8 Å². The highest BCUT2D eigenvalue weighted by Gasteiger charge is 2.16. The topological polar surface area (TPSA) is 12.0 Å². The fraction of sp³-hybridized carbons (Fsp3) is 0.733. The molecule has 1 unspecified atom stereocenters. The summed E-state index contributed by atoms with van der Waals surface area (Å²) in [5.41, 5.74) is 1.72. The van der Waals surface area contributed by atoms with Gasteiger partial charge in [0.05, 0.1) is 0 Å². The number of hydrogen-bond donors (Lipinski definition) is 1. The summed E-state index contributed by atoms with van der Waals surface area (Å²) in [6.45, 7) is 12.5. The minimum absolute atomic E-state index is 0.226. The summed E-state index contributed by atoms with van der Waals surface area (Å²) in [5.74, 6) is 1.53. The van der Waals surface area contributed by atoms with Crippen molar-refractivity contribution in [1.29, 1.82) is 0 Å². The predicted octanol–water partition coefficient (Wildman–Crippen LogP) is 4.34. The van der Waals surface area contributed by atoms with Gasteiger partial charge in [0.25, 0.3) is 0 Å². The Hall–Kier alpha value is -0.340. The van der Waals surface area contributed by atoms with E-state index in [0.717, 1.165) is 18.4 Å². The number of thiophene rings is 1. The maximum Gasteiger partial charge on any atom is 0.00966 e. The smallest absolute Gasteiger partial charge is 0.00966 e. The highest BCUT2D eigenvalue weighted by molar-refractivity contribution is 7.07. The van der Waals surface area contributed by atoms with E-state index in [-0.39, 0.29) is 5.54 Å². The Labute approximate surface area is 111 Å². The van der Waals surface area contributed by atoms with E-state index in [1.165, 1.54) is 18.4 Å². The maximum absolute atomic E-state index is 3.64. The summed E-state index contributed by atoms with van der Waals surface area (Å²) in [5, 5.41) is 8.10. The highest BCUT2D eigenvalue weighted by Crippen LogP contribution is 2.19. The van der Waals surface area contributed by atoms with E-state index in [9.17, 15) is 0 Å². The fourth-order valence-corrected chi connectivity index (χ4v) is 2.78. The van der Waals surface area contributed by atoms with Gasteiger partial charge in [-0.15, -0.1) is 0 Å². The number of hydrogen-bond acceptors (Lipinski definition) is 2. The fourth-order valence-electron chi connectivity index (χ4n) is 2.10. The van der Waals surface area contributed by atoms with E-state index in [1.54, 1.807) is 11.3 Å². The predicted molar refractivity (Wildman–Crippen MR) is 78.7 cm³/mol. The Bertz CT molecular complexity index is 295. The van der Waals surface area contributed by atoms with Crippen LogP contribution in [0.25, 0.3) is 0 Å². The first-order valence-corrected chi connectivity index (χ1v) is 7.57. The van der Waals surface area contributed by atoms with Crippen LogP contribution < -0.4 is 5.32 Å². The monoisotopic (exact) mass is 253 g/mol. The van der Waals surface area contributed by atoms with Gasteiger partial charge in [0, 0.05) is 5.54 Å². The lowest BCUT2D eigenvalue weighted by molar-refractivity contribution is 0.331. The van der Waals surface area contributed by atoms with Crippen LogP contribution >= 0.6 is 11.3 Å². The molecule has 0 aliphatic heterocycles. The third-order valence-electron chi connectivity index (χ3n) is 2.83. The first kappa shape index (κ1) is 14.7. The van der Waals surface area contributed by atoms with E-state index in [4.69, 9.17) is 0 Å². The van der Waals surface area contributed by atoms with Gasteiger partial charge in [0.1, 0.15) is 0 Å². The quantitative estimate of drug-likeness (QED) is 0.795. The van der Waals surface area contributed by atoms with Crippen LogP contribution in [0.4, 0.5) is 0 Å². The zero-order valence-corrected chi connectivity index (χ0v) is 12.7. The van der Waals surface area contributed by atoms with Crippen LogP contribution in [0.3, 0.4) is 0 Å². The van der Waals surface area contributed by atoms with Crippen LogP contribution in [0.1, 0.15) is 46.6 Å². The lowest BCUT2D eigenvalue weighted by Crippen LogP contribution is -2.39. The largest absolute Gasteiger partial charge is 0.312 e. The molecule has 0 saturated carbocycles. The van der Waals surface area contributed by atoms with Crippen LogP contribution in [0.2, 0.25) is 0 Å². The zero-order chi connectivity index (χ0) is 12.9. The molecule has 17 heavy (non-hydrogen) atoms. The van der Waals surface area contributed by atoms with Crippen LogP contribution in [-0.2, 0) is 6.42 Å². The van der Waals surface area contributed by atoms with Crippen molar-refractivity contribution in [2.75, 3.05) is 6.54 Å².